The van der Waals surface area contributed by atoms with Crippen molar-refractivity contribution in [3.05, 3.63) is 71.9 Å². The van der Waals surface area contributed by atoms with E-state index in [4.69, 9.17) is 9.47 Å². The zero-order chi connectivity index (χ0) is 22.0. The molecule has 3 heterocycles. The summed E-state index contributed by atoms with van der Waals surface area (Å²) in [5.74, 6) is 1.53. The Bertz CT molecular complexity index is 1080. The highest BCUT2D eigenvalue weighted by atomic mass is 16.5. The Morgan fingerprint density at radius 2 is 1.91 bits per heavy atom. The van der Waals surface area contributed by atoms with Crippen LogP contribution in [0.3, 0.4) is 0 Å². The lowest BCUT2D eigenvalue weighted by atomic mass is 9.73. The maximum absolute atomic E-state index is 13.9. The molecule has 3 aromatic rings. The lowest BCUT2D eigenvalue weighted by Crippen LogP contribution is -2.49. The quantitative estimate of drug-likeness (QED) is 0.603. The van der Waals surface area contributed by atoms with Gasteiger partial charge in [-0.25, -0.2) is 0 Å². The summed E-state index contributed by atoms with van der Waals surface area (Å²) in [6, 6.07) is 18.5. The molecule has 0 aliphatic carbocycles. The van der Waals surface area contributed by atoms with Crippen LogP contribution in [0.2, 0.25) is 0 Å². The summed E-state index contributed by atoms with van der Waals surface area (Å²) in [7, 11) is 1.67. The number of hydrogen-bond acceptors (Lipinski definition) is 4. The number of carbonyl (C=O) groups excluding carboxylic acids is 1. The number of para-hydroxylation sites is 1. The van der Waals surface area contributed by atoms with E-state index in [0.29, 0.717) is 19.1 Å². The highest BCUT2D eigenvalue weighted by Crippen LogP contribution is 2.39. The molecule has 1 atom stereocenters. The summed E-state index contributed by atoms with van der Waals surface area (Å²) in [5, 5.41) is 1.18. The number of methoxy groups -OCH3 is 1. The van der Waals surface area contributed by atoms with Crippen LogP contribution in [0, 0.1) is 5.92 Å². The first-order chi connectivity index (χ1) is 15.7. The van der Waals surface area contributed by atoms with E-state index in [1.54, 1.807) is 7.11 Å². The van der Waals surface area contributed by atoms with Gasteiger partial charge in [-0.2, -0.15) is 0 Å². The van der Waals surface area contributed by atoms with Gasteiger partial charge in [-0.15, -0.1) is 0 Å². The molecule has 0 N–H and O–H groups in total. The number of ether oxygens (including phenoxy) is 2. The third-order valence-electron chi connectivity index (χ3n) is 7.20. The molecule has 2 saturated heterocycles. The number of fused-ring (bicyclic) bond motifs is 1. The molecule has 0 spiro atoms. The predicted molar refractivity (Wildman–Crippen MR) is 125 cm³/mol. The summed E-state index contributed by atoms with van der Waals surface area (Å²) in [6.45, 7) is 2.87. The third-order valence-corrected chi connectivity index (χ3v) is 7.20. The maximum atomic E-state index is 13.9. The number of amides is 1. The summed E-state index contributed by atoms with van der Waals surface area (Å²) < 4.78 is 11.0. The second kappa shape index (κ2) is 8.91. The van der Waals surface area contributed by atoms with Gasteiger partial charge in [0, 0.05) is 37.9 Å². The largest absolute Gasteiger partial charge is 0.497 e. The fourth-order valence-electron chi connectivity index (χ4n) is 5.39. The molecule has 5 nitrogen and oxygen atoms in total. The molecule has 2 aromatic carbocycles. The molecule has 2 aliphatic heterocycles. The molecule has 1 amide bonds. The second-order valence-corrected chi connectivity index (χ2v) is 9.03. The highest BCUT2D eigenvalue weighted by Gasteiger charge is 2.45. The topological polar surface area (TPSA) is 51.7 Å². The zero-order valence-electron chi connectivity index (χ0n) is 18.6. The Balaban J connectivity index is 1.35. The summed E-state index contributed by atoms with van der Waals surface area (Å²) in [6.07, 6.45) is 5.31. The average Bonchev–Trinajstić information content (AvgIpc) is 3.33. The lowest BCUT2D eigenvalue weighted by Gasteiger charge is -2.39. The zero-order valence-corrected chi connectivity index (χ0v) is 18.6. The summed E-state index contributed by atoms with van der Waals surface area (Å²) in [4.78, 5) is 20.6. The first-order valence-electron chi connectivity index (χ1n) is 11.5. The van der Waals surface area contributed by atoms with Crippen molar-refractivity contribution in [2.24, 2.45) is 5.92 Å². The highest BCUT2D eigenvalue weighted by molar-refractivity contribution is 5.89. The molecule has 0 unspecified atom stereocenters. The van der Waals surface area contributed by atoms with Crippen molar-refractivity contribution in [1.82, 2.24) is 9.88 Å². The molecular weight excluding hydrogens is 400 g/mol. The van der Waals surface area contributed by atoms with Crippen LogP contribution in [0.5, 0.6) is 5.75 Å². The number of nitrogens with zero attached hydrogens (tertiary/aromatic N) is 2. The number of hydrogen-bond donors (Lipinski definition) is 0. The number of aromatic nitrogens is 1. The average molecular weight is 431 g/mol. The van der Waals surface area contributed by atoms with Crippen molar-refractivity contribution in [2.75, 3.05) is 33.4 Å². The van der Waals surface area contributed by atoms with Crippen LogP contribution in [0.25, 0.3) is 10.9 Å². The molecule has 2 fully saturated rings. The van der Waals surface area contributed by atoms with Gasteiger partial charge < -0.3 is 14.4 Å². The molecule has 32 heavy (non-hydrogen) atoms. The fraction of sp³-hybridized carbons (Fsp3) is 0.407. The van der Waals surface area contributed by atoms with Crippen LogP contribution in [0.1, 0.15) is 30.4 Å². The van der Waals surface area contributed by atoms with Gasteiger partial charge in [0.05, 0.1) is 18.0 Å². The van der Waals surface area contributed by atoms with E-state index in [0.717, 1.165) is 55.6 Å². The van der Waals surface area contributed by atoms with Gasteiger partial charge in [0.25, 0.3) is 0 Å². The van der Waals surface area contributed by atoms with Crippen molar-refractivity contribution in [3.8, 4) is 5.75 Å². The minimum absolute atomic E-state index is 0.254. The van der Waals surface area contributed by atoms with E-state index >= 15 is 0 Å². The Morgan fingerprint density at radius 1 is 1.12 bits per heavy atom. The minimum Gasteiger partial charge on any atom is -0.497 e. The van der Waals surface area contributed by atoms with Gasteiger partial charge in [-0.05, 0) is 60.9 Å². The van der Waals surface area contributed by atoms with E-state index in [2.05, 4.69) is 46.3 Å². The van der Waals surface area contributed by atoms with Crippen molar-refractivity contribution in [3.63, 3.8) is 0 Å². The van der Waals surface area contributed by atoms with Gasteiger partial charge in [0.2, 0.25) is 5.91 Å². The molecule has 166 valence electrons. The molecular formula is C27H30N2O3. The van der Waals surface area contributed by atoms with Crippen LogP contribution in [-0.2, 0) is 21.4 Å². The second-order valence-electron chi connectivity index (χ2n) is 9.03. The molecule has 2 aliphatic rings. The van der Waals surface area contributed by atoms with E-state index in [9.17, 15) is 4.79 Å². The molecule has 0 saturated carbocycles. The Labute approximate surface area is 189 Å². The molecule has 5 heteroatoms. The van der Waals surface area contributed by atoms with E-state index < -0.39 is 5.41 Å². The van der Waals surface area contributed by atoms with Crippen molar-refractivity contribution < 1.29 is 14.3 Å². The lowest BCUT2D eigenvalue weighted by molar-refractivity contribution is -0.140. The van der Waals surface area contributed by atoms with E-state index in [-0.39, 0.29) is 5.91 Å². The number of pyridine rings is 1. The maximum Gasteiger partial charge on any atom is 0.233 e. The van der Waals surface area contributed by atoms with E-state index in [1.165, 1.54) is 10.9 Å². The van der Waals surface area contributed by atoms with Gasteiger partial charge in [-0.1, -0.05) is 36.4 Å². The van der Waals surface area contributed by atoms with Crippen molar-refractivity contribution >= 4 is 16.8 Å². The predicted octanol–water partition coefficient (Wildman–Crippen LogP) is 4.38. The van der Waals surface area contributed by atoms with Crippen LogP contribution in [0.4, 0.5) is 0 Å². The van der Waals surface area contributed by atoms with E-state index in [1.807, 2.05) is 24.4 Å². The first kappa shape index (κ1) is 21.0. The fourth-order valence-corrected chi connectivity index (χ4v) is 5.39. The standard InChI is InChI=1S/C27H30N2O3/c1-31-24-9-7-23(8-10-24)27(12-16-32-17-13-27)26(30)29-15-11-20(19-29)18-22-5-2-4-21-6-3-14-28-25(21)22/h2-10,14,20H,11-13,15-19H2,1H3/t20-/m1/s1. The number of carbonyl (C=O) groups is 1. The van der Waals surface area contributed by atoms with Crippen LogP contribution in [-0.4, -0.2) is 49.2 Å². The number of rotatable bonds is 5. The Kier molecular flexibility index (Phi) is 5.83. The normalized spacial score (nSPS) is 20.4. The summed E-state index contributed by atoms with van der Waals surface area (Å²) >= 11 is 0. The number of benzene rings is 2. The Hall–Kier alpha value is -2.92. The van der Waals surface area contributed by atoms with Crippen LogP contribution < -0.4 is 4.74 Å². The van der Waals surface area contributed by atoms with Gasteiger partial charge in [-0.3, -0.25) is 9.78 Å². The van der Waals surface area contributed by atoms with Crippen LogP contribution in [0.15, 0.2) is 60.8 Å². The molecule has 0 radical (unpaired) electrons. The van der Waals surface area contributed by atoms with Crippen LogP contribution >= 0.6 is 0 Å². The Morgan fingerprint density at radius 3 is 2.69 bits per heavy atom. The molecule has 1 aromatic heterocycles. The minimum atomic E-state index is -0.500. The van der Waals surface area contributed by atoms with Gasteiger partial charge in [0.1, 0.15) is 5.75 Å². The third kappa shape index (κ3) is 3.86. The van der Waals surface area contributed by atoms with Gasteiger partial charge in [0.15, 0.2) is 0 Å². The molecule has 5 rings (SSSR count). The monoisotopic (exact) mass is 430 g/mol. The van der Waals surface area contributed by atoms with Crippen molar-refractivity contribution in [1.29, 1.82) is 0 Å². The number of likely N-dealkylation sites (tertiary alicyclic amines) is 1. The van der Waals surface area contributed by atoms with Gasteiger partial charge >= 0.3 is 0 Å². The smallest absolute Gasteiger partial charge is 0.233 e. The van der Waals surface area contributed by atoms with Crippen molar-refractivity contribution in [2.45, 2.75) is 31.1 Å². The first-order valence-corrected chi connectivity index (χ1v) is 11.5. The summed E-state index contributed by atoms with van der Waals surface area (Å²) in [5.41, 5.74) is 2.94. The molecule has 0 bridgehead atoms. The SMILES string of the molecule is COc1ccc(C2(C(=O)N3CC[C@H](Cc4cccc5cccnc45)C3)CCOCC2)cc1.